The van der Waals surface area contributed by atoms with E-state index in [1.807, 2.05) is 6.07 Å². The molecule has 0 saturated heterocycles. The number of rotatable bonds is 7. The summed E-state index contributed by atoms with van der Waals surface area (Å²) in [7, 11) is 5.94. The molecule has 0 aliphatic heterocycles. The number of halogens is 1. The van der Waals surface area contributed by atoms with Crippen LogP contribution >= 0.6 is 35.3 Å². The van der Waals surface area contributed by atoms with Crippen LogP contribution in [0.5, 0.6) is 0 Å². The molecule has 0 bridgehead atoms. The molecule has 2 rings (SSSR count). The highest BCUT2D eigenvalue weighted by molar-refractivity contribution is 14.0. The van der Waals surface area contributed by atoms with Crippen molar-refractivity contribution in [1.82, 2.24) is 20.7 Å². The van der Waals surface area contributed by atoms with Gasteiger partial charge in [-0.3, -0.25) is 4.99 Å². The number of nitrogens with one attached hydrogen (secondary N) is 2. The zero-order chi connectivity index (χ0) is 17.5. The molecule has 2 heterocycles. The summed E-state index contributed by atoms with van der Waals surface area (Å²) in [6.07, 6.45) is 0. The van der Waals surface area contributed by atoms with Gasteiger partial charge in [-0.15, -0.1) is 35.3 Å². The Bertz CT molecular complexity index is 639. The van der Waals surface area contributed by atoms with E-state index in [0.717, 1.165) is 24.0 Å². The molecule has 1 atom stereocenters. The SMILES string of the molecule is CN=C(NCc1cc(C(C)C)no1)NCC(c1cccs1)N(C)C.I. The van der Waals surface area contributed by atoms with Gasteiger partial charge in [0.2, 0.25) is 0 Å². The lowest BCUT2D eigenvalue weighted by atomic mass is 10.1. The largest absolute Gasteiger partial charge is 0.359 e. The van der Waals surface area contributed by atoms with E-state index >= 15 is 0 Å². The third-order valence-electron chi connectivity index (χ3n) is 3.78. The summed E-state index contributed by atoms with van der Waals surface area (Å²) in [6, 6.07) is 6.54. The van der Waals surface area contributed by atoms with Crippen LogP contribution in [0.2, 0.25) is 0 Å². The standard InChI is InChI=1S/C17H27N5OS.HI/c1-12(2)14-9-13(23-21-14)10-19-17(18-3)20-11-15(22(4)5)16-7-6-8-24-16;/h6-9,12,15H,10-11H2,1-5H3,(H2,18,19,20);1H. The molecular weight excluding hydrogens is 449 g/mol. The molecule has 6 nitrogen and oxygen atoms in total. The Labute approximate surface area is 171 Å². The van der Waals surface area contributed by atoms with Crippen molar-refractivity contribution in [2.45, 2.75) is 32.4 Å². The Morgan fingerprint density at radius 1 is 1.36 bits per heavy atom. The highest BCUT2D eigenvalue weighted by Gasteiger charge is 2.15. The van der Waals surface area contributed by atoms with Gasteiger partial charge in [-0.1, -0.05) is 25.1 Å². The fourth-order valence-electron chi connectivity index (χ4n) is 2.29. The van der Waals surface area contributed by atoms with Gasteiger partial charge in [0.25, 0.3) is 0 Å². The number of hydrogen-bond donors (Lipinski definition) is 2. The first kappa shape index (κ1) is 21.9. The molecule has 0 fully saturated rings. The first-order valence-corrected chi connectivity index (χ1v) is 8.99. The quantitative estimate of drug-likeness (QED) is 0.364. The number of thiophene rings is 1. The number of aliphatic imine (C=N–C) groups is 1. The van der Waals surface area contributed by atoms with E-state index in [9.17, 15) is 0 Å². The highest BCUT2D eigenvalue weighted by Crippen LogP contribution is 2.22. The van der Waals surface area contributed by atoms with Gasteiger partial charge in [0, 0.05) is 24.5 Å². The van der Waals surface area contributed by atoms with Crippen molar-refractivity contribution in [1.29, 1.82) is 0 Å². The zero-order valence-corrected chi connectivity index (χ0v) is 18.6. The van der Waals surface area contributed by atoms with E-state index in [0.29, 0.717) is 18.5 Å². The minimum Gasteiger partial charge on any atom is -0.359 e. The molecular formula is C17H28IN5OS. The molecule has 0 spiro atoms. The van der Waals surface area contributed by atoms with Gasteiger partial charge in [-0.25, -0.2) is 0 Å². The summed E-state index contributed by atoms with van der Waals surface area (Å²) in [5.74, 6) is 1.93. The molecule has 0 saturated carbocycles. The van der Waals surface area contributed by atoms with Crippen LogP contribution in [0.1, 0.15) is 42.1 Å². The summed E-state index contributed by atoms with van der Waals surface area (Å²) in [5.41, 5.74) is 0.972. The lowest BCUT2D eigenvalue weighted by Gasteiger charge is -2.24. The van der Waals surface area contributed by atoms with E-state index in [1.54, 1.807) is 18.4 Å². The number of likely N-dealkylation sites (N-methyl/N-ethyl adjacent to an activating group) is 1. The predicted molar refractivity (Wildman–Crippen MR) is 115 cm³/mol. The van der Waals surface area contributed by atoms with Gasteiger partial charge in [0.05, 0.1) is 18.3 Å². The van der Waals surface area contributed by atoms with Crippen LogP contribution in [-0.4, -0.2) is 43.7 Å². The summed E-state index contributed by atoms with van der Waals surface area (Å²) in [5, 5.41) is 12.8. The Morgan fingerprint density at radius 3 is 2.64 bits per heavy atom. The maximum Gasteiger partial charge on any atom is 0.191 e. The van der Waals surface area contributed by atoms with Crippen LogP contribution in [0.4, 0.5) is 0 Å². The van der Waals surface area contributed by atoms with Gasteiger partial charge in [-0.2, -0.15) is 0 Å². The van der Waals surface area contributed by atoms with Gasteiger partial charge in [0.15, 0.2) is 11.7 Å². The Kier molecular flexibility index (Phi) is 9.44. The molecule has 2 aromatic rings. The summed E-state index contributed by atoms with van der Waals surface area (Å²) < 4.78 is 5.34. The fraction of sp³-hybridized carbons (Fsp3) is 0.529. The smallest absolute Gasteiger partial charge is 0.191 e. The van der Waals surface area contributed by atoms with Crippen molar-refractivity contribution in [3.8, 4) is 0 Å². The fourth-order valence-corrected chi connectivity index (χ4v) is 3.21. The van der Waals surface area contributed by atoms with E-state index in [-0.39, 0.29) is 24.0 Å². The molecule has 0 aliphatic carbocycles. The minimum absolute atomic E-state index is 0. The third-order valence-corrected chi connectivity index (χ3v) is 4.75. The second kappa shape index (κ2) is 10.8. The van der Waals surface area contributed by atoms with Crippen LogP contribution < -0.4 is 10.6 Å². The molecule has 25 heavy (non-hydrogen) atoms. The average Bonchev–Trinajstić information content (AvgIpc) is 3.21. The van der Waals surface area contributed by atoms with Gasteiger partial charge in [-0.05, 0) is 31.5 Å². The monoisotopic (exact) mass is 477 g/mol. The maximum absolute atomic E-state index is 5.34. The number of aromatic nitrogens is 1. The van der Waals surface area contributed by atoms with Crippen molar-refractivity contribution < 1.29 is 4.52 Å². The van der Waals surface area contributed by atoms with E-state index in [1.165, 1.54) is 4.88 Å². The van der Waals surface area contributed by atoms with E-state index in [4.69, 9.17) is 4.52 Å². The lowest BCUT2D eigenvalue weighted by Crippen LogP contribution is -2.41. The second-order valence-corrected chi connectivity index (χ2v) is 7.15. The van der Waals surface area contributed by atoms with Crippen LogP contribution in [0.3, 0.4) is 0 Å². The summed E-state index contributed by atoms with van der Waals surface area (Å²) in [6.45, 7) is 5.54. The predicted octanol–water partition coefficient (Wildman–Crippen LogP) is 3.45. The van der Waals surface area contributed by atoms with Gasteiger partial charge < -0.3 is 20.1 Å². The van der Waals surface area contributed by atoms with Gasteiger partial charge >= 0.3 is 0 Å². The minimum atomic E-state index is 0. The number of guanidine groups is 1. The van der Waals surface area contributed by atoms with Gasteiger partial charge in [0.1, 0.15) is 0 Å². The van der Waals surface area contributed by atoms with Crippen molar-refractivity contribution in [3.05, 3.63) is 39.9 Å². The van der Waals surface area contributed by atoms with Crippen LogP contribution in [0.25, 0.3) is 0 Å². The third kappa shape index (κ3) is 6.59. The highest BCUT2D eigenvalue weighted by atomic mass is 127. The Morgan fingerprint density at radius 2 is 2.12 bits per heavy atom. The van der Waals surface area contributed by atoms with Crippen LogP contribution in [-0.2, 0) is 6.54 Å². The maximum atomic E-state index is 5.34. The summed E-state index contributed by atoms with van der Waals surface area (Å²) >= 11 is 1.77. The molecule has 2 aromatic heterocycles. The molecule has 140 valence electrons. The number of nitrogens with zero attached hydrogens (tertiary/aromatic N) is 3. The van der Waals surface area contributed by atoms with Crippen LogP contribution in [0.15, 0.2) is 33.1 Å². The average molecular weight is 477 g/mol. The molecule has 2 N–H and O–H groups in total. The van der Waals surface area contributed by atoms with Crippen molar-refractivity contribution in [2.75, 3.05) is 27.7 Å². The molecule has 0 aromatic carbocycles. The topological polar surface area (TPSA) is 65.7 Å². The first-order chi connectivity index (χ1) is 11.5. The van der Waals surface area contributed by atoms with Crippen molar-refractivity contribution in [3.63, 3.8) is 0 Å². The van der Waals surface area contributed by atoms with E-state index in [2.05, 4.69) is 71.1 Å². The lowest BCUT2D eigenvalue weighted by molar-refractivity contribution is 0.302. The van der Waals surface area contributed by atoms with E-state index < -0.39 is 0 Å². The number of hydrogen-bond acceptors (Lipinski definition) is 5. The Balaban J connectivity index is 0.00000312. The normalized spacial score (nSPS) is 13.0. The molecule has 0 amide bonds. The van der Waals surface area contributed by atoms with Crippen LogP contribution in [0, 0.1) is 0 Å². The molecule has 0 aliphatic rings. The second-order valence-electron chi connectivity index (χ2n) is 6.17. The molecule has 1 unspecified atom stereocenters. The molecule has 0 radical (unpaired) electrons. The Hall–Kier alpha value is -1.13. The van der Waals surface area contributed by atoms with Crippen molar-refractivity contribution in [2.24, 2.45) is 4.99 Å². The molecule has 8 heteroatoms. The summed E-state index contributed by atoms with van der Waals surface area (Å²) in [4.78, 5) is 7.81. The zero-order valence-electron chi connectivity index (χ0n) is 15.4. The van der Waals surface area contributed by atoms with Crippen molar-refractivity contribution >= 4 is 41.3 Å². The first-order valence-electron chi connectivity index (χ1n) is 8.11.